The maximum Gasteiger partial charge on any atom is 0.160 e. The third-order valence-electron chi connectivity index (χ3n) is 10.3. The average Bonchev–Trinajstić information content (AvgIpc) is 3.75. The molecule has 0 fully saturated rings. The van der Waals surface area contributed by atoms with E-state index in [4.69, 9.17) is 15.0 Å². The minimum Gasteiger partial charge on any atom is -0.308 e. The molecule has 0 saturated heterocycles. The lowest BCUT2D eigenvalue weighted by Crippen LogP contribution is -1.99. The van der Waals surface area contributed by atoms with Crippen LogP contribution in [0.3, 0.4) is 0 Å². The van der Waals surface area contributed by atoms with Gasteiger partial charge in [0, 0.05) is 61.0 Å². The third kappa shape index (κ3) is 4.14. The van der Waals surface area contributed by atoms with E-state index in [-0.39, 0.29) is 0 Å². The summed E-state index contributed by atoms with van der Waals surface area (Å²) in [6.07, 6.45) is 1.91. The van der Waals surface area contributed by atoms with Gasteiger partial charge in [0.25, 0.3) is 0 Å². The Labute approximate surface area is 298 Å². The van der Waals surface area contributed by atoms with Crippen LogP contribution in [0.2, 0.25) is 0 Å². The van der Waals surface area contributed by atoms with E-state index in [1.807, 2.05) is 30.5 Å². The van der Waals surface area contributed by atoms with Gasteiger partial charge in [-0.1, -0.05) is 121 Å². The van der Waals surface area contributed by atoms with Gasteiger partial charge in [-0.05, 0) is 48.5 Å². The number of hydrogen-bond acceptors (Lipinski definition) is 3. The topological polar surface area (TPSA) is 48.5 Å². The van der Waals surface area contributed by atoms with Gasteiger partial charge in [-0.2, -0.15) is 0 Å². The summed E-state index contributed by atoms with van der Waals surface area (Å²) in [6, 6.07) is 59.7. The van der Waals surface area contributed by atoms with Crippen LogP contribution in [0.25, 0.3) is 99.4 Å². The molecule has 242 valence electrons. The van der Waals surface area contributed by atoms with Gasteiger partial charge in [0.1, 0.15) is 0 Å². The SMILES string of the molecule is c1ccc(-c2nc(-c3ccccc3)c3cc(-n4c5ccccc5c5c6cccnc6c6c(c7ccccc7n6-c6ccccc6)c54)ccc3n2)cc1. The summed E-state index contributed by atoms with van der Waals surface area (Å²) in [5, 5.41) is 6.87. The molecule has 11 rings (SSSR count). The van der Waals surface area contributed by atoms with E-state index in [1.54, 1.807) is 0 Å². The summed E-state index contributed by atoms with van der Waals surface area (Å²) in [5.74, 6) is 0.714. The van der Waals surface area contributed by atoms with Gasteiger partial charge < -0.3 is 9.13 Å². The molecule has 0 atom stereocenters. The number of benzene rings is 7. The molecule has 0 bridgehead atoms. The number of aromatic nitrogens is 5. The lowest BCUT2D eigenvalue weighted by atomic mass is 10.0. The Kier molecular flexibility index (Phi) is 6.18. The van der Waals surface area contributed by atoms with Crippen molar-refractivity contribution in [1.82, 2.24) is 24.1 Å². The van der Waals surface area contributed by atoms with Crippen LogP contribution in [-0.4, -0.2) is 24.1 Å². The summed E-state index contributed by atoms with van der Waals surface area (Å²) >= 11 is 0. The number of hydrogen-bond donors (Lipinski definition) is 0. The number of pyridine rings is 1. The molecule has 0 aliphatic heterocycles. The minimum absolute atomic E-state index is 0.714. The largest absolute Gasteiger partial charge is 0.308 e. The summed E-state index contributed by atoms with van der Waals surface area (Å²) in [6.45, 7) is 0. The van der Waals surface area contributed by atoms with Gasteiger partial charge in [0.2, 0.25) is 0 Å². The van der Waals surface area contributed by atoms with Crippen molar-refractivity contribution in [2.45, 2.75) is 0 Å². The molecule has 4 heterocycles. The van der Waals surface area contributed by atoms with Crippen molar-refractivity contribution < 1.29 is 0 Å². The molecule has 5 nitrogen and oxygen atoms in total. The molecule has 52 heavy (non-hydrogen) atoms. The zero-order valence-electron chi connectivity index (χ0n) is 28.0. The summed E-state index contributed by atoms with van der Waals surface area (Å²) in [7, 11) is 0. The van der Waals surface area contributed by atoms with Crippen LogP contribution in [0, 0.1) is 0 Å². The number of para-hydroxylation sites is 3. The van der Waals surface area contributed by atoms with Gasteiger partial charge in [-0.3, -0.25) is 4.98 Å². The van der Waals surface area contributed by atoms with E-state index in [0.29, 0.717) is 5.82 Å². The van der Waals surface area contributed by atoms with E-state index < -0.39 is 0 Å². The lowest BCUT2D eigenvalue weighted by Gasteiger charge is -2.14. The maximum atomic E-state index is 5.23. The normalized spacial score (nSPS) is 11.8. The van der Waals surface area contributed by atoms with Crippen LogP contribution in [-0.2, 0) is 0 Å². The third-order valence-corrected chi connectivity index (χ3v) is 10.3. The number of fused-ring (bicyclic) bond motifs is 11. The zero-order valence-corrected chi connectivity index (χ0v) is 28.0. The number of nitrogens with zero attached hydrogens (tertiary/aromatic N) is 5. The molecule has 0 aliphatic rings. The second-order valence-electron chi connectivity index (χ2n) is 13.2. The van der Waals surface area contributed by atoms with Crippen LogP contribution >= 0.6 is 0 Å². The first-order valence-electron chi connectivity index (χ1n) is 17.5. The molecule has 0 N–H and O–H groups in total. The Hall–Kier alpha value is -7.11. The first-order valence-corrected chi connectivity index (χ1v) is 17.5. The molecule has 5 heteroatoms. The predicted molar refractivity (Wildman–Crippen MR) is 214 cm³/mol. The van der Waals surface area contributed by atoms with Crippen molar-refractivity contribution in [3.8, 4) is 34.0 Å². The average molecular weight is 664 g/mol. The van der Waals surface area contributed by atoms with E-state index >= 15 is 0 Å². The predicted octanol–water partition coefficient (Wildman–Crippen LogP) is 11.7. The fraction of sp³-hybridized carbons (Fsp3) is 0. The van der Waals surface area contributed by atoms with Gasteiger partial charge >= 0.3 is 0 Å². The molecule has 0 saturated carbocycles. The van der Waals surface area contributed by atoms with Crippen LogP contribution in [0.5, 0.6) is 0 Å². The maximum absolute atomic E-state index is 5.23. The minimum atomic E-state index is 0.714. The van der Waals surface area contributed by atoms with Crippen LogP contribution in [0.4, 0.5) is 0 Å². The van der Waals surface area contributed by atoms with E-state index in [0.717, 1.165) is 72.1 Å². The monoisotopic (exact) mass is 663 g/mol. The highest BCUT2D eigenvalue weighted by atomic mass is 15.0. The van der Waals surface area contributed by atoms with Crippen LogP contribution < -0.4 is 0 Å². The van der Waals surface area contributed by atoms with Crippen molar-refractivity contribution in [1.29, 1.82) is 0 Å². The molecule has 0 radical (unpaired) electrons. The van der Waals surface area contributed by atoms with E-state index in [2.05, 4.69) is 155 Å². The van der Waals surface area contributed by atoms with Crippen LogP contribution in [0.1, 0.15) is 0 Å². The molecule has 0 spiro atoms. The van der Waals surface area contributed by atoms with Gasteiger partial charge in [-0.25, -0.2) is 9.97 Å². The molecule has 0 unspecified atom stereocenters. The standard InChI is InChI=1S/C47H29N5/c1-4-15-30(16-5-1)43-37-29-33(26-27-38(37)49-47(50-43)31-17-6-2-7-18-31)52-39-24-12-10-21-34(39)41-36-23-14-28-48-44(36)46-42(45(41)52)35-22-11-13-25-40(35)51(46)32-19-8-3-9-20-32/h1-29H. The van der Waals surface area contributed by atoms with Crippen molar-refractivity contribution in [3.63, 3.8) is 0 Å². The molecule has 4 aromatic heterocycles. The van der Waals surface area contributed by atoms with Gasteiger partial charge in [0.15, 0.2) is 5.82 Å². The molecule has 11 aromatic rings. The zero-order chi connectivity index (χ0) is 34.2. The molecule has 0 amide bonds. The molecular weight excluding hydrogens is 635 g/mol. The second-order valence-corrected chi connectivity index (χ2v) is 13.2. The Morgan fingerprint density at radius 1 is 0.404 bits per heavy atom. The molecular formula is C47H29N5. The van der Waals surface area contributed by atoms with Gasteiger partial charge in [0.05, 0.1) is 38.8 Å². The molecule has 7 aromatic carbocycles. The Morgan fingerprint density at radius 3 is 1.73 bits per heavy atom. The highest BCUT2D eigenvalue weighted by molar-refractivity contribution is 6.36. The van der Waals surface area contributed by atoms with Gasteiger partial charge in [-0.15, -0.1) is 0 Å². The smallest absolute Gasteiger partial charge is 0.160 e. The molecule has 0 aliphatic carbocycles. The van der Waals surface area contributed by atoms with E-state index in [9.17, 15) is 0 Å². The lowest BCUT2D eigenvalue weighted by molar-refractivity contribution is 1.17. The van der Waals surface area contributed by atoms with Crippen molar-refractivity contribution >= 4 is 65.4 Å². The first-order chi connectivity index (χ1) is 25.8. The number of rotatable bonds is 4. The highest BCUT2D eigenvalue weighted by Gasteiger charge is 2.25. The highest BCUT2D eigenvalue weighted by Crippen LogP contribution is 2.46. The Morgan fingerprint density at radius 2 is 1.00 bits per heavy atom. The Balaban J connectivity index is 1.32. The second kappa shape index (κ2) is 11.2. The fourth-order valence-electron chi connectivity index (χ4n) is 8.15. The van der Waals surface area contributed by atoms with E-state index in [1.165, 1.54) is 21.5 Å². The van der Waals surface area contributed by atoms with Crippen molar-refractivity contribution in [2.75, 3.05) is 0 Å². The fourth-order valence-corrected chi connectivity index (χ4v) is 8.15. The van der Waals surface area contributed by atoms with Crippen molar-refractivity contribution in [2.24, 2.45) is 0 Å². The van der Waals surface area contributed by atoms with Crippen molar-refractivity contribution in [3.05, 3.63) is 176 Å². The summed E-state index contributed by atoms with van der Waals surface area (Å²) < 4.78 is 4.83. The summed E-state index contributed by atoms with van der Waals surface area (Å²) in [5.41, 5.74) is 11.5. The quantitative estimate of drug-likeness (QED) is 0.188. The first kappa shape index (κ1) is 28.7. The Bertz CT molecular complexity index is 3160. The summed E-state index contributed by atoms with van der Waals surface area (Å²) in [4.78, 5) is 15.4. The van der Waals surface area contributed by atoms with Crippen LogP contribution in [0.15, 0.2) is 176 Å².